The molecule has 1 N–H and O–H groups in total. The van der Waals surface area contributed by atoms with Crippen molar-refractivity contribution in [3.05, 3.63) is 59.4 Å². The molecule has 3 aromatic rings. The average Bonchev–Trinajstić information content (AvgIpc) is 2.89. The number of hydrogen-bond acceptors (Lipinski definition) is 3. The monoisotopic (exact) mass is 286 g/mol. The fourth-order valence-corrected chi connectivity index (χ4v) is 2.13. The number of halogens is 1. The van der Waals surface area contributed by atoms with Crippen LogP contribution >= 0.6 is 11.6 Å². The number of rotatable bonds is 3. The first kappa shape index (κ1) is 12.7. The van der Waals surface area contributed by atoms with Gasteiger partial charge in [-0.05, 0) is 29.8 Å². The Bertz CT molecular complexity index is 767. The highest BCUT2D eigenvalue weighted by Gasteiger charge is 2.08. The fraction of sp³-hybridized carbons (Fsp3) is 0.0667. The zero-order valence-corrected chi connectivity index (χ0v) is 11.2. The third-order valence-electron chi connectivity index (χ3n) is 2.91. The summed E-state index contributed by atoms with van der Waals surface area (Å²) < 4.78 is 5.21. The van der Waals surface area contributed by atoms with Crippen molar-refractivity contribution in [2.75, 3.05) is 5.32 Å². The van der Waals surface area contributed by atoms with Crippen LogP contribution in [-0.4, -0.2) is 10.9 Å². The van der Waals surface area contributed by atoms with E-state index < -0.39 is 0 Å². The molecule has 2 aromatic carbocycles. The van der Waals surface area contributed by atoms with Gasteiger partial charge in [0, 0.05) is 0 Å². The minimum absolute atomic E-state index is 0.128. The van der Waals surface area contributed by atoms with Crippen LogP contribution < -0.4 is 5.32 Å². The number of hydrogen-bond donors (Lipinski definition) is 1. The van der Waals surface area contributed by atoms with Crippen molar-refractivity contribution in [3.63, 3.8) is 0 Å². The first-order valence-corrected chi connectivity index (χ1v) is 6.47. The largest absolute Gasteiger partial charge is 0.443 e. The van der Waals surface area contributed by atoms with E-state index in [0.717, 1.165) is 11.1 Å². The van der Waals surface area contributed by atoms with Crippen molar-refractivity contribution in [2.24, 2.45) is 0 Å². The number of carbonyl (C=O) groups excluding carboxylic acids is 1. The molecular formula is C15H11ClN2O2. The Morgan fingerprint density at radius 3 is 2.95 bits per heavy atom. The quantitative estimate of drug-likeness (QED) is 0.799. The van der Waals surface area contributed by atoms with Crippen LogP contribution in [0.4, 0.5) is 5.69 Å². The Morgan fingerprint density at radius 2 is 2.10 bits per heavy atom. The fourth-order valence-electron chi connectivity index (χ4n) is 1.95. The molecule has 1 amide bonds. The standard InChI is InChI=1S/C15H11ClN2O2/c16-11-3-1-2-4-12(11)18-15(19)8-10-5-6-13-14(7-10)20-9-17-13/h1-7,9H,8H2,(H,18,19). The molecule has 1 heterocycles. The van der Waals surface area contributed by atoms with Crippen LogP contribution in [0.1, 0.15) is 5.56 Å². The van der Waals surface area contributed by atoms with Gasteiger partial charge < -0.3 is 9.73 Å². The summed E-state index contributed by atoms with van der Waals surface area (Å²) in [4.78, 5) is 16.0. The molecule has 0 unspecified atom stereocenters. The normalized spacial score (nSPS) is 10.7. The van der Waals surface area contributed by atoms with Crippen molar-refractivity contribution in [1.29, 1.82) is 0 Å². The number of fused-ring (bicyclic) bond motifs is 1. The summed E-state index contributed by atoms with van der Waals surface area (Å²) in [5, 5.41) is 3.30. The predicted octanol–water partition coefficient (Wildman–Crippen LogP) is 3.66. The topological polar surface area (TPSA) is 55.1 Å². The lowest BCUT2D eigenvalue weighted by molar-refractivity contribution is -0.115. The van der Waals surface area contributed by atoms with Gasteiger partial charge in [0.1, 0.15) is 5.52 Å². The number of amides is 1. The zero-order valence-electron chi connectivity index (χ0n) is 10.5. The molecule has 0 fully saturated rings. The van der Waals surface area contributed by atoms with E-state index in [0.29, 0.717) is 16.3 Å². The molecule has 0 bridgehead atoms. The molecule has 0 spiro atoms. The van der Waals surface area contributed by atoms with E-state index in [-0.39, 0.29) is 12.3 Å². The summed E-state index contributed by atoms with van der Waals surface area (Å²) in [5.74, 6) is -0.128. The van der Waals surface area contributed by atoms with E-state index in [4.69, 9.17) is 16.0 Å². The van der Waals surface area contributed by atoms with Crippen molar-refractivity contribution in [2.45, 2.75) is 6.42 Å². The molecule has 0 saturated carbocycles. The summed E-state index contributed by atoms with van der Waals surface area (Å²) in [6.07, 6.45) is 1.64. The van der Waals surface area contributed by atoms with Gasteiger partial charge in [0.05, 0.1) is 17.1 Å². The predicted molar refractivity (Wildman–Crippen MR) is 77.8 cm³/mol. The molecule has 0 saturated heterocycles. The molecule has 0 aliphatic carbocycles. The highest BCUT2D eigenvalue weighted by Crippen LogP contribution is 2.21. The van der Waals surface area contributed by atoms with E-state index in [1.54, 1.807) is 12.1 Å². The minimum Gasteiger partial charge on any atom is -0.443 e. The van der Waals surface area contributed by atoms with Crippen LogP contribution in [0.25, 0.3) is 11.1 Å². The summed E-state index contributed by atoms with van der Waals surface area (Å²) in [6.45, 7) is 0. The molecule has 1 aromatic heterocycles. The maximum atomic E-state index is 12.0. The maximum absolute atomic E-state index is 12.0. The van der Waals surface area contributed by atoms with Crippen molar-refractivity contribution >= 4 is 34.3 Å². The highest BCUT2D eigenvalue weighted by atomic mass is 35.5. The van der Waals surface area contributed by atoms with E-state index in [1.165, 1.54) is 6.39 Å². The average molecular weight is 287 g/mol. The second kappa shape index (κ2) is 5.35. The lowest BCUT2D eigenvalue weighted by atomic mass is 10.1. The SMILES string of the molecule is O=C(Cc1ccc2ncoc2c1)Nc1ccccc1Cl. The highest BCUT2D eigenvalue weighted by molar-refractivity contribution is 6.33. The number of benzene rings is 2. The van der Waals surface area contributed by atoms with Crippen molar-refractivity contribution in [3.8, 4) is 0 Å². The van der Waals surface area contributed by atoms with Crippen LogP contribution in [0, 0.1) is 0 Å². The molecule has 5 heteroatoms. The van der Waals surface area contributed by atoms with E-state index >= 15 is 0 Å². The van der Waals surface area contributed by atoms with Crippen molar-refractivity contribution < 1.29 is 9.21 Å². The smallest absolute Gasteiger partial charge is 0.228 e. The maximum Gasteiger partial charge on any atom is 0.228 e. The summed E-state index contributed by atoms with van der Waals surface area (Å²) in [5.41, 5.74) is 2.92. The molecule has 20 heavy (non-hydrogen) atoms. The number of para-hydroxylation sites is 1. The first-order valence-electron chi connectivity index (χ1n) is 6.09. The lowest BCUT2D eigenvalue weighted by Crippen LogP contribution is -2.14. The van der Waals surface area contributed by atoms with Gasteiger partial charge in [0.15, 0.2) is 12.0 Å². The van der Waals surface area contributed by atoms with E-state index in [1.807, 2.05) is 30.3 Å². The van der Waals surface area contributed by atoms with Crippen LogP contribution in [0.2, 0.25) is 5.02 Å². The summed E-state index contributed by atoms with van der Waals surface area (Å²) >= 11 is 6.00. The summed E-state index contributed by atoms with van der Waals surface area (Å²) in [6, 6.07) is 12.6. The first-order chi connectivity index (χ1) is 9.72. The molecule has 0 aliphatic heterocycles. The second-order valence-electron chi connectivity index (χ2n) is 4.36. The molecule has 0 aliphatic rings. The number of anilines is 1. The Hall–Kier alpha value is -2.33. The van der Waals surface area contributed by atoms with Gasteiger partial charge >= 0.3 is 0 Å². The number of oxazole rings is 1. The molecule has 0 atom stereocenters. The zero-order chi connectivity index (χ0) is 13.9. The van der Waals surface area contributed by atoms with E-state index in [2.05, 4.69) is 10.3 Å². The second-order valence-corrected chi connectivity index (χ2v) is 4.77. The Morgan fingerprint density at radius 1 is 1.25 bits per heavy atom. The van der Waals surface area contributed by atoms with Crippen LogP contribution in [0.3, 0.4) is 0 Å². The van der Waals surface area contributed by atoms with Gasteiger partial charge in [-0.25, -0.2) is 4.98 Å². The Labute approximate surface area is 120 Å². The van der Waals surface area contributed by atoms with Gasteiger partial charge in [-0.3, -0.25) is 4.79 Å². The van der Waals surface area contributed by atoms with Gasteiger partial charge in [0.25, 0.3) is 0 Å². The number of nitrogens with zero attached hydrogens (tertiary/aromatic N) is 1. The molecule has 100 valence electrons. The molecule has 3 rings (SSSR count). The van der Waals surface area contributed by atoms with Gasteiger partial charge in [-0.15, -0.1) is 0 Å². The number of nitrogens with one attached hydrogen (secondary N) is 1. The van der Waals surface area contributed by atoms with Crippen molar-refractivity contribution in [1.82, 2.24) is 4.98 Å². The Balaban J connectivity index is 1.74. The van der Waals surface area contributed by atoms with Gasteiger partial charge in [0.2, 0.25) is 5.91 Å². The van der Waals surface area contributed by atoms with Crippen LogP contribution in [0.15, 0.2) is 53.3 Å². The van der Waals surface area contributed by atoms with Gasteiger partial charge in [-0.1, -0.05) is 29.8 Å². The number of aromatic nitrogens is 1. The van der Waals surface area contributed by atoms with Gasteiger partial charge in [-0.2, -0.15) is 0 Å². The molecule has 0 radical (unpaired) electrons. The van der Waals surface area contributed by atoms with Crippen LogP contribution in [-0.2, 0) is 11.2 Å². The third-order valence-corrected chi connectivity index (χ3v) is 3.24. The number of carbonyl (C=O) groups is 1. The third kappa shape index (κ3) is 2.65. The van der Waals surface area contributed by atoms with E-state index in [9.17, 15) is 4.79 Å². The lowest BCUT2D eigenvalue weighted by Gasteiger charge is -2.06. The minimum atomic E-state index is -0.128. The molecule has 4 nitrogen and oxygen atoms in total. The summed E-state index contributed by atoms with van der Waals surface area (Å²) in [7, 11) is 0. The van der Waals surface area contributed by atoms with Crippen LogP contribution in [0.5, 0.6) is 0 Å². The molecular weight excluding hydrogens is 276 g/mol. The Kier molecular flexibility index (Phi) is 3.39.